The maximum atomic E-state index is 12.0. The van der Waals surface area contributed by atoms with Gasteiger partial charge in [-0.25, -0.2) is 0 Å². The number of carbonyl (C=O) groups excluding carboxylic acids is 1. The Labute approximate surface area is 167 Å². The predicted molar refractivity (Wildman–Crippen MR) is 112 cm³/mol. The van der Waals surface area contributed by atoms with Crippen LogP contribution in [0, 0.1) is 0 Å². The van der Waals surface area contributed by atoms with Gasteiger partial charge in [-0.1, -0.05) is 36.4 Å². The Morgan fingerprint density at radius 3 is 2.71 bits per heavy atom. The maximum absolute atomic E-state index is 12.0. The van der Waals surface area contributed by atoms with Crippen LogP contribution in [0.25, 0.3) is 5.76 Å². The Kier molecular flexibility index (Phi) is 6.53. The van der Waals surface area contributed by atoms with E-state index in [1.165, 1.54) is 5.56 Å². The first-order valence-corrected chi connectivity index (χ1v) is 9.84. The average molecular weight is 380 g/mol. The highest BCUT2D eigenvalue weighted by atomic mass is 16.5. The largest absolute Gasteiger partial charge is 0.463 e. The SMILES string of the molecule is CC(C)OC(=O)Cc1ccc2c(c1)Cc1ccccc1/C(=C/CCN(C)C)O2. The van der Waals surface area contributed by atoms with Crippen molar-refractivity contribution in [1.29, 1.82) is 0 Å². The molecule has 0 bridgehead atoms. The lowest BCUT2D eigenvalue weighted by Crippen LogP contribution is -2.13. The molecule has 4 heteroatoms. The molecule has 2 aromatic carbocycles. The van der Waals surface area contributed by atoms with Gasteiger partial charge in [0.1, 0.15) is 11.5 Å². The number of rotatable bonds is 6. The summed E-state index contributed by atoms with van der Waals surface area (Å²) < 4.78 is 11.6. The summed E-state index contributed by atoms with van der Waals surface area (Å²) in [5, 5.41) is 0. The van der Waals surface area contributed by atoms with Crippen LogP contribution in [0.1, 0.15) is 42.5 Å². The van der Waals surface area contributed by atoms with Crippen molar-refractivity contribution < 1.29 is 14.3 Å². The second-order valence-electron chi connectivity index (χ2n) is 7.75. The quantitative estimate of drug-likeness (QED) is 0.695. The van der Waals surface area contributed by atoms with E-state index in [0.717, 1.165) is 47.6 Å². The van der Waals surface area contributed by atoms with Gasteiger partial charge in [0.2, 0.25) is 0 Å². The summed E-state index contributed by atoms with van der Waals surface area (Å²) in [6.07, 6.45) is 4.05. The third-order valence-corrected chi connectivity index (χ3v) is 4.63. The number of hydrogen-bond donors (Lipinski definition) is 0. The Balaban J connectivity index is 1.88. The van der Waals surface area contributed by atoms with E-state index in [-0.39, 0.29) is 18.5 Å². The van der Waals surface area contributed by atoms with Crippen molar-refractivity contribution in [3.63, 3.8) is 0 Å². The summed E-state index contributed by atoms with van der Waals surface area (Å²) >= 11 is 0. The molecule has 0 saturated heterocycles. The van der Waals surface area contributed by atoms with E-state index in [2.05, 4.69) is 49.3 Å². The minimum absolute atomic E-state index is 0.0987. The molecule has 0 aromatic heterocycles. The molecule has 0 aliphatic carbocycles. The lowest BCUT2D eigenvalue weighted by atomic mass is 9.97. The lowest BCUT2D eigenvalue weighted by molar-refractivity contribution is -0.146. The number of benzene rings is 2. The number of nitrogens with zero attached hydrogens (tertiary/aromatic N) is 1. The van der Waals surface area contributed by atoms with Crippen molar-refractivity contribution in [3.8, 4) is 5.75 Å². The first-order valence-electron chi connectivity index (χ1n) is 9.84. The van der Waals surface area contributed by atoms with Crippen LogP contribution in [0.2, 0.25) is 0 Å². The molecule has 2 aromatic rings. The molecule has 3 rings (SSSR count). The third kappa shape index (κ3) is 5.23. The third-order valence-electron chi connectivity index (χ3n) is 4.63. The zero-order valence-corrected chi connectivity index (χ0v) is 17.2. The number of hydrogen-bond acceptors (Lipinski definition) is 4. The van der Waals surface area contributed by atoms with Gasteiger partial charge in [0.15, 0.2) is 0 Å². The summed E-state index contributed by atoms with van der Waals surface area (Å²) in [5.41, 5.74) is 4.42. The van der Waals surface area contributed by atoms with E-state index in [9.17, 15) is 4.79 Å². The van der Waals surface area contributed by atoms with Crippen LogP contribution >= 0.6 is 0 Å². The molecule has 1 heterocycles. The summed E-state index contributed by atoms with van der Waals surface area (Å²) in [4.78, 5) is 14.2. The van der Waals surface area contributed by atoms with Crippen LogP contribution in [0.5, 0.6) is 5.75 Å². The molecule has 0 N–H and O–H groups in total. The van der Waals surface area contributed by atoms with Crippen molar-refractivity contribution in [1.82, 2.24) is 4.90 Å². The van der Waals surface area contributed by atoms with Crippen molar-refractivity contribution in [2.75, 3.05) is 20.6 Å². The Bertz CT molecular complexity index is 868. The predicted octanol–water partition coefficient (Wildman–Crippen LogP) is 4.46. The summed E-state index contributed by atoms with van der Waals surface area (Å²) in [6, 6.07) is 14.4. The molecule has 0 radical (unpaired) electrons. The normalized spacial score (nSPS) is 14.4. The van der Waals surface area contributed by atoms with Crippen molar-refractivity contribution >= 4 is 11.7 Å². The van der Waals surface area contributed by atoms with Gasteiger partial charge < -0.3 is 14.4 Å². The second kappa shape index (κ2) is 9.07. The van der Waals surface area contributed by atoms with Gasteiger partial charge >= 0.3 is 5.97 Å². The van der Waals surface area contributed by atoms with E-state index in [0.29, 0.717) is 0 Å². The van der Waals surface area contributed by atoms with Crippen LogP contribution in [0.15, 0.2) is 48.5 Å². The highest BCUT2D eigenvalue weighted by molar-refractivity contribution is 5.73. The maximum Gasteiger partial charge on any atom is 0.310 e. The van der Waals surface area contributed by atoms with Gasteiger partial charge in [0.25, 0.3) is 0 Å². The van der Waals surface area contributed by atoms with Gasteiger partial charge in [-0.3, -0.25) is 4.79 Å². The minimum atomic E-state index is -0.200. The number of ether oxygens (including phenoxy) is 2. The molecule has 0 amide bonds. The molecular formula is C24H29NO3. The molecule has 148 valence electrons. The van der Waals surface area contributed by atoms with Gasteiger partial charge in [0, 0.05) is 18.5 Å². The fraction of sp³-hybridized carbons (Fsp3) is 0.375. The van der Waals surface area contributed by atoms with Gasteiger partial charge in [-0.2, -0.15) is 0 Å². The molecule has 28 heavy (non-hydrogen) atoms. The van der Waals surface area contributed by atoms with E-state index >= 15 is 0 Å². The molecule has 0 saturated carbocycles. The first-order chi connectivity index (χ1) is 13.4. The number of carbonyl (C=O) groups is 1. The van der Waals surface area contributed by atoms with Crippen LogP contribution in [-0.2, 0) is 22.4 Å². The molecule has 1 aliphatic rings. The van der Waals surface area contributed by atoms with Crippen LogP contribution in [-0.4, -0.2) is 37.6 Å². The number of esters is 1. The topological polar surface area (TPSA) is 38.8 Å². The lowest BCUT2D eigenvalue weighted by Gasteiger charge is -2.13. The molecule has 1 aliphatic heterocycles. The van der Waals surface area contributed by atoms with Gasteiger partial charge in [0.05, 0.1) is 12.5 Å². The van der Waals surface area contributed by atoms with E-state index in [1.807, 2.05) is 32.0 Å². The standard InChI is InChI=1S/C24H29NO3/c1-17(2)27-24(26)15-18-11-12-22-20(14-18)16-19-8-5-6-9-21(19)23(28-22)10-7-13-25(3)4/h5-6,8-12,14,17H,7,13,15-16H2,1-4H3/b23-10-. The number of fused-ring (bicyclic) bond motifs is 2. The highest BCUT2D eigenvalue weighted by Crippen LogP contribution is 2.34. The fourth-order valence-electron chi connectivity index (χ4n) is 3.35. The van der Waals surface area contributed by atoms with E-state index in [1.54, 1.807) is 0 Å². The van der Waals surface area contributed by atoms with Gasteiger partial charge in [-0.15, -0.1) is 0 Å². The highest BCUT2D eigenvalue weighted by Gasteiger charge is 2.19. The van der Waals surface area contributed by atoms with Crippen LogP contribution in [0.4, 0.5) is 0 Å². The zero-order valence-electron chi connectivity index (χ0n) is 17.2. The monoisotopic (exact) mass is 379 g/mol. The van der Waals surface area contributed by atoms with E-state index < -0.39 is 0 Å². The Morgan fingerprint density at radius 1 is 1.18 bits per heavy atom. The molecule has 4 nitrogen and oxygen atoms in total. The molecular weight excluding hydrogens is 350 g/mol. The summed E-state index contributed by atoms with van der Waals surface area (Å²) in [6.45, 7) is 4.70. The summed E-state index contributed by atoms with van der Waals surface area (Å²) in [7, 11) is 4.14. The smallest absolute Gasteiger partial charge is 0.310 e. The Morgan fingerprint density at radius 2 is 1.96 bits per heavy atom. The van der Waals surface area contributed by atoms with Crippen molar-refractivity contribution in [2.24, 2.45) is 0 Å². The van der Waals surface area contributed by atoms with Crippen LogP contribution in [0.3, 0.4) is 0 Å². The van der Waals surface area contributed by atoms with Crippen molar-refractivity contribution in [3.05, 3.63) is 70.8 Å². The van der Waals surface area contributed by atoms with E-state index in [4.69, 9.17) is 9.47 Å². The minimum Gasteiger partial charge on any atom is -0.463 e. The molecule has 0 spiro atoms. The average Bonchev–Trinajstić information content (AvgIpc) is 2.77. The zero-order chi connectivity index (χ0) is 20.1. The molecule has 0 atom stereocenters. The first kappa shape index (κ1) is 20.2. The van der Waals surface area contributed by atoms with Crippen molar-refractivity contribution in [2.45, 2.75) is 39.2 Å². The fourth-order valence-corrected chi connectivity index (χ4v) is 3.35. The Hall–Kier alpha value is -2.59. The van der Waals surface area contributed by atoms with Crippen LogP contribution < -0.4 is 4.74 Å². The molecule has 0 fully saturated rings. The second-order valence-corrected chi connectivity index (χ2v) is 7.75. The van der Waals surface area contributed by atoms with Gasteiger partial charge in [-0.05, 0) is 63.2 Å². The summed E-state index contributed by atoms with van der Waals surface area (Å²) in [5.74, 6) is 1.56. The molecule has 0 unspecified atom stereocenters.